The molecule has 0 amide bonds. The minimum absolute atomic E-state index is 0.507. The number of ether oxygens (including phenoxy) is 1. The molecule has 1 unspecified atom stereocenters. The Morgan fingerprint density at radius 3 is 2.45 bits per heavy atom. The van der Waals surface area contributed by atoms with Crippen LogP contribution >= 0.6 is 0 Å². The Kier molecular flexibility index (Phi) is 10.4. The van der Waals surface area contributed by atoms with Gasteiger partial charge in [-0.2, -0.15) is 0 Å². The van der Waals surface area contributed by atoms with Crippen molar-refractivity contribution >= 4 is 5.96 Å². The van der Waals surface area contributed by atoms with Gasteiger partial charge in [-0.25, -0.2) is 4.99 Å². The number of aryl methyl sites for hydroxylation is 1. The third-order valence-corrected chi connectivity index (χ3v) is 5.74. The molecule has 1 saturated heterocycles. The zero-order chi connectivity index (χ0) is 21.1. The molecule has 2 heterocycles. The zero-order valence-corrected chi connectivity index (χ0v) is 19.1. The highest BCUT2D eigenvalue weighted by atomic mass is 16.5. The topological polar surface area (TPSA) is 79.6 Å². The van der Waals surface area contributed by atoms with Crippen molar-refractivity contribution in [1.29, 1.82) is 0 Å². The molecule has 0 aliphatic carbocycles. The number of aliphatic imine (C=N–C) groups is 1. The van der Waals surface area contributed by atoms with E-state index in [9.17, 15) is 0 Å². The second-order valence-electron chi connectivity index (χ2n) is 8.30. The number of guanidine groups is 1. The first-order valence-corrected chi connectivity index (χ1v) is 11.1. The normalized spacial score (nSPS) is 17.4. The molecule has 1 aromatic rings. The number of hydrogen-bond donors (Lipinski definition) is 2. The summed E-state index contributed by atoms with van der Waals surface area (Å²) < 4.78 is 7.15. The lowest BCUT2D eigenvalue weighted by Crippen LogP contribution is -2.50. The van der Waals surface area contributed by atoms with E-state index in [1.54, 1.807) is 7.11 Å². The smallest absolute Gasteiger partial charge is 0.191 e. The minimum atomic E-state index is 0.507. The predicted octanol–water partition coefficient (Wildman–Crippen LogP) is 2.10. The highest BCUT2D eigenvalue weighted by Gasteiger charge is 2.23. The van der Waals surface area contributed by atoms with Crippen LogP contribution in [0.2, 0.25) is 0 Å². The van der Waals surface area contributed by atoms with Crippen LogP contribution in [0, 0.1) is 12.8 Å². The van der Waals surface area contributed by atoms with Gasteiger partial charge in [0, 0.05) is 39.9 Å². The van der Waals surface area contributed by atoms with E-state index in [-0.39, 0.29) is 0 Å². The van der Waals surface area contributed by atoms with Gasteiger partial charge in [0.2, 0.25) is 0 Å². The first-order valence-electron chi connectivity index (χ1n) is 11.1. The van der Waals surface area contributed by atoms with Gasteiger partial charge in [0.15, 0.2) is 11.8 Å². The van der Waals surface area contributed by atoms with Crippen molar-refractivity contribution in [2.45, 2.75) is 65.5 Å². The molecule has 2 N–H and O–H groups in total. The molecule has 1 atom stereocenters. The summed E-state index contributed by atoms with van der Waals surface area (Å²) in [6, 6.07) is 0.510. The molecule has 8 nitrogen and oxygen atoms in total. The van der Waals surface area contributed by atoms with E-state index in [4.69, 9.17) is 9.73 Å². The van der Waals surface area contributed by atoms with Gasteiger partial charge < -0.3 is 19.9 Å². The molecule has 2 rings (SSSR count). The van der Waals surface area contributed by atoms with Crippen LogP contribution in [0.15, 0.2) is 4.99 Å². The van der Waals surface area contributed by atoms with Crippen LogP contribution in [0.5, 0.6) is 0 Å². The summed E-state index contributed by atoms with van der Waals surface area (Å²) in [4.78, 5) is 7.44. The molecule has 1 aliphatic heterocycles. The van der Waals surface area contributed by atoms with Crippen molar-refractivity contribution in [1.82, 2.24) is 30.3 Å². The third kappa shape index (κ3) is 7.93. The Morgan fingerprint density at radius 2 is 1.86 bits per heavy atom. The number of likely N-dealkylation sites (tertiary alicyclic amines) is 1. The van der Waals surface area contributed by atoms with E-state index in [0.717, 1.165) is 43.7 Å². The second kappa shape index (κ2) is 12.8. The maximum absolute atomic E-state index is 5.16. The van der Waals surface area contributed by atoms with Gasteiger partial charge in [-0.3, -0.25) is 4.90 Å². The van der Waals surface area contributed by atoms with E-state index < -0.39 is 0 Å². The van der Waals surface area contributed by atoms with Gasteiger partial charge in [0.1, 0.15) is 12.4 Å². The van der Waals surface area contributed by atoms with Crippen molar-refractivity contribution in [3.8, 4) is 0 Å². The molecule has 29 heavy (non-hydrogen) atoms. The number of nitrogens with one attached hydrogen (secondary N) is 2. The molecule has 0 aromatic carbocycles. The van der Waals surface area contributed by atoms with Crippen molar-refractivity contribution in [2.75, 3.05) is 39.9 Å². The molecule has 0 radical (unpaired) electrons. The first kappa shape index (κ1) is 23.6. The van der Waals surface area contributed by atoms with E-state index in [2.05, 4.69) is 39.6 Å². The van der Waals surface area contributed by atoms with Crippen molar-refractivity contribution in [3.63, 3.8) is 0 Å². The fraction of sp³-hybridized carbons (Fsp3) is 0.857. The quantitative estimate of drug-likeness (QED) is 0.351. The van der Waals surface area contributed by atoms with Crippen molar-refractivity contribution in [2.24, 2.45) is 18.0 Å². The van der Waals surface area contributed by atoms with Crippen LogP contribution in [-0.4, -0.2) is 71.6 Å². The SMILES string of the molecule is COCCCNC(=NCc1nnc(C)n1C)NCC(C(C)C)N1CCCCCC1. The molecular formula is C21H41N7O. The van der Waals surface area contributed by atoms with Crippen LogP contribution in [0.3, 0.4) is 0 Å². The molecule has 8 heteroatoms. The van der Waals surface area contributed by atoms with Gasteiger partial charge >= 0.3 is 0 Å². The minimum Gasteiger partial charge on any atom is -0.385 e. The Bertz CT molecular complexity index is 606. The fourth-order valence-electron chi connectivity index (χ4n) is 3.75. The number of nitrogens with zero attached hydrogens (tertiary/aromatic N) is 5. The molecule has 1 aromatic heterocycles. The monoisotopic (exact) mass is 407 g/mol. The fourth-order valence-corrected chi connectivity index (χ4v) is 3.75. The summed E-state index contributed by atoms with van der Waals surface area (Å²) in [7, 11) is 3.71. The summed E-state index contributed by atoms with van der Waals surface area (Å²) in [5.41, 5.74) is 0. The largest absolute Gasteiger partial charge is 0.385 e. The van der Waals surface area contributed by atoms with Crippen molar-refractivity contribution < 1.29 is 4.74 Å². The molecule has 0 saturated carbocycles. The zero-order valence-electron chi connectivity index (χ0n) is 19.1. The maximum atomic E-state index is 5.16. The molecule has 166 valence electrons. The highest BCUT2D eigenvalue weighted by Crippen LogP contribution is 2.17. The Hall–Kier alpha value is -1.67. The van der Waals surface area contributed by atoms with Gasteiger partial charge in [0.25, 0.3) is 0 Å². The lowest BCUT2D eigenvalue weighted by molar-refractivity contribution is 0.161. The number of hydrogen-bond acceptors (Lipinski definition) is 5. The maximum Gasteiger partial charge on any atom is 0.191 e. The summed E-state index contributed by atoms with van der Waals surface area (Å²) in [6.07, 6.45) is 6.29. The van der Waals surface area contributed by atoms with E-state index in [0.29, 0.717) is 18.5 Å². The third-order valence-electron chi connectivity index (χ3n) is 5.74. The Labute approximate surface area is 176 Å². The van der Waals surface area contributed by atoms with E-state index >= 15 is 0 Å². The number of methoxy groups -OCH3 is 1. The highest BCUT2D eigenvalue weighted by molar-refractivity contribution is 5.79. The van der Waals surface area contributed by atoms with Gasteiger partial charge in [-0.1, -0.05) is 26.7 Å². The summed E-state index contributed by atoms with van der Waals surface area (Å²) in [5, 5.41) is 15.4. The molecule has 0 spiro atoms. The lowest BCUT2D eigenvalue weighted by Gasteiger charge is -2.34. The van der Waals surface area contributed by atoms with Crippen LogP contribution in [0.25, 0.3) is 0 Å². The standard InChI is InChI=1S/C21H41N7O/c1-17(2)19(28-12-8-6-7-9-13-28)15-23-21(22-11-10-14-29-5)24-16-20-26-25-18(3)27(20)4/h17,19H,6-16H2,1-5H3,(H2,22,23,24). The van der Waals surface area contributed by atoms with Gasteiger partial charge in [-0.15, -0.1) is 10.2 Å². The van der Waals surface area contributed by atoms with Gasteiger partial charge in [-0.05, 0) is 45.2 Å². The number of aromatic nitrogens is 3. The van der Waals surface area contributed by atoms with Crippen LogP contribution < -0.4 is 10.6 Å². The summed E-state index contributed by atoms with van der Waals surface area (Å²) in [6.45, 7) is 12.0. The van der Waals surface area contributed by atoms with Crippen LogP contribution in [-0.2, 0) is 18.3 Å². The van der Waals surface area contributed by atoms with E-state index in [1.165, 1.54) is 38.8 Å². The molecule has 0 bridgehead atoms. The number of rotatable bonds is 10. The first-order chi connectivity index (χ1) is 14.0. The van der Waals surface area contributed by atoms with Crippen molar-refractivity contribution in [3.05, 3.63) is 11.6 Å². The molecule has 1 aliphatic rings. The Morgan fingerprint density at radius 1 is 1.14 bits per heavy atom. The van der Waals surface area contributed by atoms with Gasteiger partial charge in [0.05, 0.1) is 0 Å². The van der Waals surface area contributed by atoms with E-state index in [1.807, 2.05) is 18.5 Å². The summed E-state index contributed by atoms with van der Waals surface area (Å²) >= 11 is 0. The summed E-state index contributed by atoms with van der Waals surface area (Å²) in [5.74, 6) is 3.20. The average Bonchev–Trinajstić information content (AvgIpc) is 2.90. The van der Waals surface area contributed by atoms with Crippen LogP contribution in [0.1, 0.15) is 57.6 Å². The average molecular weight is 408 g/mol. The molecule has 1 fully saturated rings. The second-order valence-corrected chi connectivity index (χ2v) is 8.30. The molecular weight excluding hydrogens is 366 g/mol. The lowest BCUT2D eigenvalue weighted by atomic mass is 10.0. The van der Waals surface area contributed by atoms with Crippen LogP contribution in [0.4, 0.5) is 0 Å². The Balaban J connectivity index is 1.99. The predicted molar refractivity (Wildman–Crippen MR) is 118 cm³/mol.